The average Bonchev–Trinajstić information content (AvgIpc) is 3.10. The minimum absolute atomic E-state index is 0.519. The second-order valence-electron chi connectivity index (χ2n) is 4.99. The van der Waals surface area contributed by atoms with Crippen LogP contribution in [0.5, 0.6) is 5.75 Å². The van der Waals surface area contributed by atoms with Crippen LogP contribution in [0.15, 0.2) is 36.5 Å². The molecule has 20 heavy (non-hydrogen) atoms. The highest BCUT2D eigenvalue weighted by atomic mass is 35.5. The number of hydrogen-bond acceptors (Lipinski definition) is 3. The summed E-state index contributed by atoms with van der Waals surface area (Å²) in [5, 5.41) is 4.95. The lowest BCUT2D eigenvalue weighted by Crippen LogP contribution is -2.11. The van der Waals surface area contributed by atoms with E-state index in [0.29, 0.717) is 23.4 Å². The van der Waals surface area contributed by atoms with Crippen LogP contribution in [0.2, 0.25) is 5.15 Å². The number of hydrogen-bond donors (Lipinski definition) is 0. The molecule has 2 aromatic rings. The first kappa shape index (κ1) is 13.8. The van der Waals surface area contributed by atoms with E-state index in [1.807, 2.05) is 46.8 Å². The fraction of sp³-hybridized carbons (Fsp3) is 0.400. The lowest BCUT2D eigenvalue weighted by molar-refractivity contribution is 0.305. The van der Waals surface area contributed by atoms with Gasteiger partial charge in [-0.1, -0.05) is 41.9 Å². The maximum absolute atomic E-state index is 6.34. The van der Waals surface area contributed by atoms with Crippen molar-refractivity contribution in [2.45, 2.75) is 19.6 Å². The van der Waals surface area contributed by atoms with Crippen molar-refractivity contribution in [3.63, 3.8) is 0 Å². The number of ether oxygens (including phenoxy) is 1. The summed E-state index contributed by atoms with van der Waals surface area (Å²) in [5.41, 5.74) is 1.13. The Bertz CT molecular complexity index is 552. The van der Waals surface area contributed by atoms with E-state index in [-0.39, 0.29) is 0 Å². The number of rotatable bonds is 5. The summed E-state index contributed by atoms with van der Waals surface area (Å²) in [6.45, 7) is 1.41. The summed E-state index contributed by atoms with van der Waals surface area (Å²) in [6, 6.07) is 10.1. The molecule has 106 valence electrons. The predicted octanol–water partition coefficient (Wildman–Crippen LogP) is 3.87. The quantitative estimate of drug-likeness (QED) is 0.839. The van der Waals surface area contributed by atoms with Crippen LogP contribution in [0, 0.1) is 5.92 Å². The van der Waals surface area contributed by atoms with E-state index < -0.39 is 0 Å². The van der Waals surface area contributed by atoms with Gasteiger partial charge in [-0.2, -0.15) is 16.9 Å². The summed E-state index contributed by atoms with van der Waals surface area (Å²) in [4.78, 5) is 0. The van der Waals surface area contributed by atoms with Crippen LogP contribution in [0.1, 0.15) is 12.0 Å². The second-order valence-corrected chi connectivity index (χ2v) is 6.49. The first-order valence-corrected chi connectivity index (χ1v) is 8.32. The number of aromatic nitrogens is 2. The van der Waals surface area contributed by atoms with Gasteiger partial charge in [-0.15, -0.1) is 0 Å². The molecular weight excluding hydrogens is 292 g/mol. The maximum Gasteiger partial charge on any atom is 0.176 e. The van der Waals surface area contributed by atoms with Crippen LogP contribution in [-0.4, -0.2) is 21.3 Å². The van der Waals surface area contributed by atoms with Crippen molar-refractivity contribution < 1.29 is 4.74 Å². The smallest absolute Gasteiger partial charge is 0.176 e. The van der Waals surface area contributed by atoms with Crippen molar-refractivity contribution in [2.24, 2.45) is 5.92 Å². The summed E-state index contributed by atoms with van der Waals surface area (Å²) >= 11 is 8.34. The molecule has 2 heterocycles. The number of nitrogens with zero attached hydrogens (tertiary/aromatic N) is 2. The summed E-state index contributed by atoms with van der Waals surface area (Å²) in [7, 11) is 0. The third-order valence-corrected chi connectivity index (χ3v) is 5.05. The Hall–Kier alpha value is -1.13. The molecule has 1 saturated heterocycles. The van der Waals surface area contributed by atoms with E-state index in [9.17, 15) is 0 Å². The second kappa shape index (κ2) is 6.55. The molecule has 1 fully saturated rings. The van der Waals surface area contributed by atoms with Gasteiger partial charge in [0.05, 0.1) is 6.20 Å². The fourth-order valence-electron chi connectivity index (χ4n) is 2.28. The Balaban J connectivity index is 1.61. The fourth-order valence-corrected chi connectivity index (χ4v) is 3.77. The standard InChI is InChI=1S/C15H17ClN2OS/c16-15-14(19-10-12-4-2-1-3-5-12)8-17-18(15)9-13-6-7-20-11-13/h1-5,8,13H,6-7,9-11H2. The van der Waals surface area contributed by atoms with Gasteiger partial charge in [0.15, 0.2) is 10.9 Å². The molecule has 1 aliphatic heterocycles. The van der Waals surface area contributed by atoms with Crippen LogP contribution in [-0.2, 0) is 13.2 Å². The molecule has 0 spiro atoms. The van der Waals surface area contributed by atoms with Crippen LogP contribution in [0.25, 0.3) is 0 Å². The first-order chi connectivity index (χ1) is 9.83. The van der Waals surface area contributed by atoms with Crippen molar-refractivity contribution in [3.05, 3.63) is 47.2 Å². The molecule has 0 aliphatic carbocycles. The van der Waals surface area contributed by atoms with Gasteiger partial charge in [-0.05, 0) is 29.4 Å². The molecule has 1 aromatic carbocycles. The van der Waals surface area contributed by atoms with Gasteiger partial charge in [-0.25, -0.2) is 0 Å². The Morgan fingerprint density at radius 2 is 2.20 bits per heavy atom. The van der Waals surface area contributed by atoms with Gasteiger partial charge < -0.3 is 4.74 Å². The van der Waals surface area contributed by atoms with E-state index in [0.717, 1.165) is 12.1 Å². The minimum atomic E-state index is 0.519. The molecule has 0 radical (unpaired) electrons. The first-order valence-electron chi connectivity index (χ1n) is 6.78. The number of halogens is 1. The van der Waals surface area contributed by atoms with Gasteiger partial charge >= 0.3 is 0 Å². The van der Waals surface area contributed by atoms with Crippen molar-refractivity contribution in [2.75, 3.05) is 11.5 Å². The molecule has 1 aliphatic rings. The summed E-state index contributed by atoms with van der Waals surface area (Å²) in [5.74, 6) is 3.80. The zero-order valence-electron chi connectivity index (χ0n) is 11.2. The van der Waals surface area contributed by atoms with E-state index >= 15 is 0 Å². The lowest BCUT2D eigenvalue weighted by Gasteiger charge is -2.09. The Labute approximate surface area is 128 Å². The van der Waals surface area contributed by atoms with Gasteiger partial charge in [0.25, 0.3) is 0 Å². The molecule has 0 bridgehead atoms. The van der Waals surface area contributed by atoms with Crippen LogP contribution in [0.4, 0.5) is 0 Å². The molecule has 0 amide bonds. The molecular formula is C15H17ClN2OS. The van der Waals surface area contributed by atoms with Crippen LogP contribution < -0.4 is 4.74 Å². The minimum Gasteiger partial charge on any atom is -0.484 e. The molecule has 3 rings (SSSR count). The van der Waals surface area contributed by atoms with Gasteiger partial charge in [0, 0.05) is 6.54 Å². The molecule has 3 nitrogen and oxygen atoms in total. The topological polar surface area (TPSA) is 27.1 Å². The Morgan fingerprint density at radius 3 is 2.95 bits per heavy atom. The van der Waals surface area contributed by atoms with E-state index in [4.69, 9.17) is 16.3 Å². The van der Waals surface area contributed by atoms with E-state index in [2.05, 4.69) is 5.10 Å². The van der Waals surface area contributed by atoms with Gasteiger partial charge in [0.1, 0.15) is 6.61 Å². The van der Waals surface area contributed by atoms with E-state index in [1.54, 1.807) is 6.20 Å². The predicted molar refractivity (Wildman–Crippen MR) is 83.4 cm³/mol. The van der Waals surface area contributed by atoms with Crippen LogP contribution >= 0.6 is 23.4 Å². The van der Waals surface area contributed by atoms with Gasteiger partial charge in [-0.3, -0.25) is 4.68 Å². The number of thioether (sulfide) groups is 1. The third-order valence-electron chi connectivity index (χ3n) is 3.44. The molecule has 0 N–H and O–H groups in total. The zero-order chi connectivity index (χ0) is 13.8. The Kier molecular flexibility index (Phi) is 4.53. The highest BCUT2D eigenvalue weighted by Gasteiger charge is 2.19. The third kappa shape index (κ3) is 3.30. The zero-order valence-corrected chi connectivity index (χ0v) is 12.7. The maximum atomic E-state index is 6.34. The molecule has 1 atom stereocenters. The highest BCUT2D eigenvalue weighted by Crippen LogP contribution is 2.29. The number of benzene rings is 1. The molecule has 5 heteroatoms. The molecule has 1 unspecified atom stereocenters. The normalized spacial score (nSPS) is 18.4. The van der Waals surface area contributed by atoms with Gasteiger partial charge in [0.2, 0.25) is 0 Å². The highest BCUT2D eigenvalue weighted by molar-refractivity contribution is 7.99. The van der Waals surface area contributed by atoms with Crippen molar-refractivity contribution in [3.8, 4) is 5.75 Å². The summed E-state index contributed by atoms with van der Waals surface area (Å²) in [6.07, 6.45) is 2.97. The van der Waals surface area contributed by atoms with Crippen molar-refractivity contribution in [1.82, 2.24) is 9.78 Å². The van der Waals surface area contributed by atoms with Crippen LogP contribution in [0.3, 0.4) is 0 Å². The van der Waals surface area contributed by atoms with Crippen molar-refractivity contribution >= 4 is 23.4 Å². The van der Waals surface area contributed by atoms with Crippen molar-refractivity contribution in [1.29, 1.82) is 0 Å². The van der Waals surface area contributed by atoms with E-state index in [1.165, 1.54) is 17.9 Å². The monoisotopic (exact) mass is 308 g/mol. The lowest BCUT2D eigenvalue weighted by atomic mass is 10.1. The summed E-state index contributed by atoms with van der Waals surface area (Å²) < 4.78 is 7.61. The molecule has 0 saturated carbocycles. The average molecular weight is 309 g/mol. The Morgan fingerprint density at radius 1 is 1.35 bits per heavy atom. The largest absolute Gasteiger partial charge is 0.484 e. The molecule has 1 aromatic heterocycles. The SMILES string of the molecule is Clc1c(OCc2ccccc2)cnn1CC1CCSC1.